The van der Waals surface area contributed by atoms with Gasteiger partial charge in [-0.25, -0.2) is 4.79 Å². The molecule has 0 amide bonds. The van der Waals surface area contributed by atoms with Gasteiger partial charge < -0.3 is 4.74 Å². The van der Waals surface area contributed by atoms with Crippen molar-refractivity contribution in [3.05, 3.63) is 42.9 Å². The molecule has 1 aromatic carbocycles. The highest BCUT2D eigenvalue weighted by Crippen LogP contribution is 2.33. The molecule has 0 heterocycles. The Bertz CT molecular complexity index is 530. The Morgan fingerprint density at radius 2 is 1.94 bits per heavy atom. The maximum absolute atomic E-state index is 11.5. The minimum absolute atomic E-state index is 0.0176. The maximum atomic E-state index is 11.5. The van der Waals surface area contributed by atoms with Crippen molar-refractivity contribution in [1.29, 1.82) is 0 Å². The Hall–Kier alpha value is -2.22. The first-order valence-corrected chi connectivity index (χ1v) is 5.05. The number of carbonyl (C=O) groups excluding carboxylic acids is 1. The highest BCUT2D eigenvalue weighted by Gasteiger charge is 2.29. The minimum Gasteiger partial charge on any atom is -0.462 e. The molecule has 1 aromatic rings. The molecule has 0 N–H and O–H groups in total. The van der Waals surface area contributed by atoms with Gasteiger partial charge in [-0.2, -0.15) is 0 Å². The second-order valence-electron chi connectivity index (χ2n) is 3.06. The largest absolute Gasteiger partial charge is 0.462 e. The third-order valence-electron chi connectivity index (χ3n) is 1.94. The van der Waals surface area contributed by atoms with Crippen molar-refractivity contribution in [2.45, 2.75) is 6.92 Å². The summed E-state index contributed by atoms with van der Waals surface area (Å²) in [6.07, 6.45) is 0. The van der Waals surface area contributed by atoms with E-state index in [-0.39, 0.29) is 6.61 Å². The fourth-order valence-corrected chi connectivity index (χ4v) is 1.52. The molecule has 0 aliphatic rings. The quantitative estimate of drug-likeness (QED) is 0.473. The van der Waals surface area contributed by atoms with E-state index < -0.39 is 37.8 Å². The third kappa shape index (κ3) is 2.72. The summed E-state index contributed by atoms with van der Waals surface area (Å²) in [5.41, 5.74) is -1.77. The first-order valence-electron chi connectivity index (χ1n) is 4.68. The summed E-state index contributed by atoms with van der Waals surface area (Å²) in [6.45, 7) is 1.49. The van der Waals surface area contributed by atoms with Crippen molar-refractivity contribution in [1.82, 2.24) is 0 Å². The highest BCUT2D eigenvalue weighted by molar-refractivity contribution is 6.33. The van der Waals surface area contributed by atoms with Crippen LogP contribution in [0.15, 0.2) is 12.1 Å². The molecule has 0 unspecified atom stereocenters. The Labute approximate surface area is 105 Å². The monoisotopic (exact) mass is 274 g/mol. The van der Waals surface area contributed by atoms with Crippen LogP contribution in [-0.2, 0) is 4.74 Å². The van der Waals surface area contributed by atoms with Gasteiger partial charge in [-0.15, -0.1) is 0 Å². The summed E-state index contributed by atoms with van der Waals surface area (Å²) in [5, 5.41) is 20.9. The standard InChI is InChI=1S/C9H7ClN2O6/c1-2-18-9(13)6-3-5(11(14)15)4-7(10)8(6)12(16)17/h3-4H,2H2,1H3. The summed E-state index contributed by atoms with van der Waals surface area (Å²) >= 11 is 5.56. The number of nitrogens with zero attached hydrogens (tertiary/aromatic N) is 2. The number of hydrogen-bond donors (Lipinski definition) is 0. The second-order valence-corrected chi connectivity index (χ2v) is 3.47. The number of esters is 1. The van der Waals surface area contributed by atoms with Crippen LogP contribution < -0.4 is 0 Å². The van der Waals surface area contributed by atoms with Crippen molar-refractivity contribution >= 4 is 28.9 Å². The lowest BCUT2D eigenvalue weighted by molar-refractivity contribution is -0.389. The highest BCUT2D eigenvalue weighted by atomic mass is 35.5. The molecule has 0 aliphatic carbocycles. The van der Waals surface area contributed by atoms with Gasteiger partial charge in [0.2, 0.25) is 0 Å². The van der Waals surface area contributed by atoms with E-state index in [1.54, 1.807) is 0 Å². The Morgan fingerprint density at radius 3 is 2.39 bits per heavy atom. The number of rotatable bonds is 4. The predicted molar refractivity (Wildman–Crippen MR) is 60.7 cm³/mol. The van der Waals surface area contributed by atoms with E-state index >= 15 is 0 Å². The Balaban J connectivity index is 3.47. The normalized spacial score (nSPS) is 9.89. The number of carbonyl (C=O) groups is 1. The molecule has 9 heteroatoms. The van der Waals surface area contributed by atoms with Gasteiger partial charge in [-0.1, -0.05) is 11.6 Å². The number of nitro groups is 2. The lowest BCUT2D eigenvalue weighted by Gasteiger charge is -2.04. The molecule has 0 atom stereocenters. The van der Waals surface area contributed by atoms with Crippen molar-refractivity contribution in [2.75, 3.05) is 6.61 Å². The van der Waals surface area contributed by atoms with Gasteiger partial charge >= 0.3 is 11.7 Å². The van der Waals surface area contributed by atoms with Crippen molar-refractivity contribution in [3.8, 4) is 0 Å². The van der Waals surface area contributed by atoms with E-state index in [2.05, 4.69) is 4.74 Å². The molecule has 96 valence electrons. The first-order chi connectivity index (χ1) is 8.38. The van der Waals surface area contributed by atoms with E-state index in [0.29, 0.717) is 0 Å². The number of non-ortho nitro benzene ring substituents is 1. The number of halogens is 1. The van der Waals surface area contributed by atoms with Gasteiger partial charge in [0.05, 0.1) is 16.5 Å². The van der Waals surface area contributed by atoms with Gasteiger partial charge in [-0.05, 0) is 6.92 Å². The van der Waals surface area contributed by atoms with Crippen LogP contribution in [0.25, 0.3) is 0 Å². The number of benzene rings is 1. The molecule has 0 saturated carbocycles. The van der Waals surface area contributed by atoms with E-state index in [9.17, 15) is 25.0 Å². The van der Waals surface area contributed by atoms with Gasteiger partial charge in [0, 0.05) is 12.1 Å². The average molecular weight is 275 g/mol. The van der Waals surface area contributed by atoms with Crippen LogP contribution in [-0.4, -0.2) is 22.4 Å². The van der Waals surface area contributed by atoms with E-state index in [4.69, 9.17) is 11.6 Å². The lowest BCUT2D eigenvalue weighted by Crippen LogP contribution is -2.09. The molecular formula is C9H7ClN2O6. The molecule has 0 aliphatic heterocycles. The minimum atomic E-state index is -1.03. The molecule has 0 saturated heterocycles. The van der Waals surface area contributed by atoms with Crippen LogP contribution in [0.2, 0.25) is 5.02 Å². The molecule has 1 rings (SSSR count). The SMILES string of the molecule is CCOC(=O)c1cc([N+](=O)[O-])cc(Cl)c1[N+](=O)[O-]. The van der Waals surface area contributed by atoms with Crippen LogP contribution in [0.5, 0.6) is 0 Å². The molecule has 0 fully saturated rings. The van der Waals surface area contributed by atoms with Gasteiger partial charge in [0.1, 0.15) is 10.6 Å². The Kier molecular flexibility index (Phi) is 4.16. The molecule has 0 bridgehead atoms. The van der Waals surface area contributed by atoms with Gasteiger partial charge in [-0.3, -0.25) is 20.2 Å². The lowest BCUT2D eigenvalue weighted by atomic mass is 10.1. The van der Waals surface area contributed by atoms with Crippen molar-refractivity contribution in [3.63, 3.8) is 0 Å². The summed E-state index contributed by atoms with van der Waals surface area (Å²) in [4.78, 5) is 31.2. The summed E-state index contributed by atoms with van der Waals surface area (Å²) in [6, 6.07) is 1.57. The van der Waals surface area contributed by atoms with Gasteiger partial charge in [0.25, 0.3) is 5.69 Å². The number of ether oxygens (including phenoxy) is 1. The predicted octanol–water partition coefficient (Wildman–Crippen LogP) is 2.33. The van der Waals surface area contributed by atoms with Crippen LogP contribution in [0, 0.1) is 20.2 Å². The van der Waals surface area contributed by atoms with Crippen LogP contribution in [0.1, 0.15) is 17.3 Å². The summed E-state index contributed by atoms with van der Waals surface area (Å²) in [7, 11) is 0. The molecule has 0 spiro atoms. The van der Waals surface area contributed by atoms with E-state index in [0.717, 1.165) is 12.1 Å². The summed E-state index contributed by atoms with van der Waals surface area (Å²) < 4.78 is 4.58. The molecule has 8 nitrogen and oxygen atoms in total. The second kappa shape index (κ2) is 5.41. The number of nitro benzene ring substituents is 2. The smallest absolute Gasteiger partial charge is 0.345 e. The Morgan fingerprint density at radius 1 is 1.33 bits per heavy atom. The zero-order chi connectivity index (χ0) is 13.9. The third-order valence-corrected chi connectivity index (χ3v) is 2.23. The zero-order valence-corrected chi connectivity index (χ0v) is 9.84. The molecule has 18 heavy (non-hydrogen) atoms. The topological polar surface area (TPSA) is 113 Å². The van der Waals surface area contributed by atoms with Crippen molar-refractivity contribution < 1.29 is 19.4 Å². The zero-order valence-electron chi connectivity index (χ0n) is 9.08. The van der Waals surface area contributed by atoms with Gasteiger partial charge in [0.15, 0.2) is 0 Å². The fraction of sp³-hybridized carbons (Fsp3) is 0.222. The maximum Gasteiger partial charge on any atom is 0.345 e. The fourth-order valence-electron chi connectivity index (χ4n) is 1.24. The first kappa shape index (κ1) is 13.8. The van der Waals surface area contributed by atoms with Crippen LogP contribution in [0.3, 0.4) is 0 Å². The molecule has 0 aromatic heterocycles. The van der Waals surface area contributed by atoms with Crippen LogP contribution >= 0.6 is 11.6 Å². The average Bonchev–Trinajstić information content (AvgIpc) is 2.27. The van der Waals surface area contributed by atoms with Crippen LogP contribution in [0.4, 0.5) is 11.4 Å². The molecule has 0 radical (unpaired) electrons. The number of hydrogen-bond acceptors (Lipinski definition) is 6. The van der Waals surface area contributed by atoms with E-state index in [1.165, 1.54) is 6.92 Å². The van der Waals surface area contributed by atoms with E-state index in [1.807, 2.05) is 0 Å². The molecular weight excluding hydrogens is 268 g/mol. The summed E-state index contributed by atoms with van der Waals surface area (Å²) in [5.74, 6) is -1.03. The van der Waals surface area contributed by atoms with Crippen molar-refractivity contribution in [2.24, 2.45) is 0 Å².